The van der Waals surface area contributed by atoms with Crippen LogP contribution in [0.5, 0.6) is 0 Å². The lowest BCUT2D eigenvalue weighted by Crippen LogP contribution is -2.37. The lowest BCUT2D eigenvalue weighted by atomic mass is 9.98. The summed E-state index contributed by atoms with van der Waals surface area (Å²) < 4.78 is 19.1. The van der Waals surface area contributed by atoms with Gasteiger partial charge in [-0.25, -0.2) is 14.2 Å². The summed E-state index contributed by atoms with van der Waals surface area (Å²) in [6.45, 7) is 0. The van der Waals surface area contributed by atoms with Gasteiger partial charge < -0.3 is 4.74 Å². The first-order chi connectivity index (χ1) is 11.6. The normalized spacial score (nSPS) is 16.5. The molecule has 0 radical (unpaired) electrons. The van der Waals surface area contributed by atoms with Crippen LogP contribution in [0, 0.1) is 5.82 Å². The molecule has 0 fully saturated rings. The Morgan fingerprint density at radius 3 is 3.00 bits per heavy atom. The molecule has 1 aliphatic heterocycles. The van der Waals surface area contributed by atoms with Crippen LogP contribution in [0.1, 0.15) is 15.9 Å². The number of thiazole rings is 1. The Hall–Kier alpha value is -2.80. The van der Waals surface area contributed by atoms with Crippen LogP contribution in [-0.4, -0.2) is 23.0 Å². The number of cyclic esters (lactones) is 1. The molecule has 120 valence electrons. The van der Waals surface area contributed by atoms with Gasteiger partial charge in [-0.1, -0.05) is 29.5 Å². The summed E-state index contributed by atoms with van der Waals surface area (Å²) in [5.41, 5.74) is 1.86. The first kappa shape index (κ1) is 14.8. The van der Waals surface area contributed by atoms with Crippen molar-refractivity contribution in [3.8, 4) is 0 Å². The summed E-state index contributed by atoms with van der Waals surface area (Å²) in [5, 5.41) is 2.98. The number of hydrogen-bond acceptors (Lipinski definition) is 5. The number of carbonyl (C=O) groups excluding carboxylic acids is 2. The predicted molar refractivity (Wildman–Crippen MR) is 87.6 cm³/mol. The van der Waals surface area contributed by atoms with Crippen molar-refractivity contribution in [2.75, 3.05) is 5.32 Å². The molecule has 2 heterocycles. The third-order valence-electron chi connectivity index (χ3n) is 3.76. The number of benzene rings is 2. The highest BCUT2D eigenvalue weighted by molar-refractivity contribution is 7.22. The number of nitrogens with zero attached hydrogens (tertiary/aromatic N) is 1. The number of esters is 1. The number of fused-ring (bicyclic) bond motifs is 2. The summed E-state index contributed by atoms with van der Waals surface area (Å²) >= 11 is 1.17. The topological polar surface area (TPSA) is 68.3 Å². The fourth-order valence-corrected chi connectivity index (χ4v) is 3.51. The maximum absolute atomic E-state index is 13.2. The number of ether oxygens (including phenoxy) is 1. The zero-order chi connectivity index (χ0) is 16.7. The molecule has 0 spiro atoms. The standard InChI is InChI=1S/C17H11FN2O3S/c18-10-5-6-12-14(8-10)24-17(19-12)20-15(21)13-7-9-3-1-2-4-11(9)16(22)23-13/h1-6,8,13H,7H2,(H,19,20,21). The van der Waals surface area contributed by atoms with Gasteiger partial charge in [0.2, 0.25) is 0 Å². The van der Waals surface area contributed by atoms with Gasteiger partial charge in [-0.2, -0.15) is 0 Å². The Kier molecular flexibility index (Phi) is 3.50. The van der Waals surface area contributed by atoms with Crippen molar-refractivity contribution >= 4 is 38.6 Å². The Labute approximate surface area is 140 Å². The number of halogens is 1. The SMILES string of the molecule is O=C1OC(C(=O)Nc2nc3ccc(F)cc3s2)Cc2ccccc21. The average Bonchev–Trinajstić information content (AvgIpc) is 2.96. The summed E-state index contributed by atoms with van der Waals surface area (Å²) in [4.78, 5) is 28.6. The predicted octanol–water partition coefficient (Wildman–Crippen LogP) is 3.16. The van der Waals surface area contributed by atoms with Gasteiger partial charge in [0, 0.05) is 6.42 Å². The molecule has 2 aromatic carbocycles. The molecule has 1 amide bonds. The molecular formula is C17H11FN2O3S. The van der Waals surface area contributed by atoms with E-state index in [2.05, 4.69) is 10.3 Å². The van der Waals surface area contributed by atoms with Crippen molar-refractivity contribution in [3.05, 3.63) is 59.4 Å². The van der Waals surface area contributed by atoms with Crippen molar-refractivity contribution in [1.82, 2.24) is 4.98 Å². The van der Waals surface area contributed by atoms with E-state index < -0.39 is 18.0 Å². The Morgan fingerprint density at radius 1 is 1.29 bits per heavy atom. The maximum atomic E-state index is 13.2. The van der Waals surface area contributed by atoms with Gasteiger partial charge in [-0.15, -0.1) is 0 Å². The summed E-state index contributed by atoms with van der Waals surface area (Å²) in [6, 6.07) is 11.3. The van der Waals surface area contributed by atoms with Gasteiger partial charge in [0.05, 0.1) is 15.8 Å². The second kappa shape index (κ2) is 5.68. The van der Waals surface area contributed by atoms with E-state index in [1.54, 1.807) is 24.3 Å². The number of amides is 1. The molecule has 24 heavy (non-hydrogen) atoms. The highest BCUT2D eigenvalue weighted by atomic mass is 32.1. The monoisotopic (exact) mass is 342 g/mol. The first-order valence-electron chi connectivity index (χ1n) is 7.26. The van der Waals surface area contributed by atoms with Crippen molar-refractivity contribution in [2.45, 2.75) is 12.5 Å². The molecule has 1 aliphatic rings. The molecule has 0 saturated carbocycles. The number of hydrogen-bond donors (Lipinski definition) is 1. The number of nitrogens with one attached hydrogen (secondary N) is 1. The average molecular weight is 342 g/mol. The molecule has 0 saturated heterocycles. The molecule has 5 nitrogen and oxygen atoms in total. The number of anilines is 1. The maximum Gasteiger partial charge on any atom is 0.339 e. The van der Waals surface area contributed by atoms with Crippen LogP contribution >= 0.6 is 11.3 Å². The van der Waals surface area contributed by atoms with Crippen LogP contribution < -0.4 is 5.32 Å². The van der Waals surface area contributed by atoms with Crippen LogP contribution in [0.4, 0.5) is 9.52 Å². The van der Waals surface area contributed by atoms with E-state index in [1.807, 2.05) is 6.07 Å². The highest BCUT2D eigenvalue weighted by Crippen LogP contribution is 2.27. The third kappa shape index (κ3) is 2.63. The largest absolute Gasteiger partial charge is 0.448 e. The zero-order valence-corrected chi connectivity index (χ0v) is 13.1. The minimum atomic E-state index is -0.906. The zero-order valence-electron chi connectivity index (χ0n) is 12.3. The van der Waals surface area contributed by atoms with Crippen molar-refractivity contribution in [2.24, 2.45) is 0 Å². The van der Waals surface area contributed by atoms with Crippen molar-refractivity contribution in [3.63, 3.8) is 0 Å². The first-order valence-corrected chi connectivity index (χ1v) is 8.07. The smallest absolute Gasteiger partial charge is 0.339 e. The lowest BCUT2D eigenvalue weighted by Gasteiger charge is -2.23. The molecule has 7 heteroatoms. The van der Waals surface area contributed by atoms with Crippen molar-refractivity contribution < 1.29 is 18.7 Å². The number of rotatable bonds is 2. The summed E-state index contributed by atoms with van der Waals surface area (Å²) in [7, 11) is 0. The minimum absolute atomic E-state index is 0.313. The number of carbonyl (C=O) groups is 2. The second-order valence-corrected chi connectivity index (χ2v) is 6.41. The van der Waals surface area contributed by atoms with Crippen LogP contribution in [0.3, 0.4) is 0 Å². The molecule has 4 rings (SSSR count). The van der Waals surface area contributed by atoms with Crippen LogP contribution in [0.2, 0.25) is 0 Å². The fourth-order valence-electron chi connectivity index (χ4n) is 2.62. The van der Waals surface area contributed by atoms with Crippen LogP contribution in [0.15, 0.2) is 42.5 Å². The molecule has 3 aromatic rings. The Morgan fingerprint density at radius 2 is 2.12 bits per heavy atom. The molecular weight excluding hydrogens is 331 g/mol. The van der Waals surface area contributed by atoms with E-state index >= 15 is 0 Å². The molecule has 1 unspecified atom stereocenters. The quantitative estimate of drug-likeness (QED) is 0.727. The van der Waals surface area contributed by atoms with E-state index in [0.29, 0.717) is 27.3 Å². The molecule has 0 aliphatic carbocycles. The van der Waals surface area contributed by atoms with Gasteiger partial charge in [0.25, 0.3) is 5.91 Å². The lowest BCUT2D eigenvalue weighted by molar-refractivity contribution is -0.125. The Bertz CT molecular complexity index is 969. The van der Waals surface area contributed by atoms with Gasteiger partial charge in [-0.3, -0.25) is 10.1 Å². The molecule has 1 aromatic heterocycles. The summed E-state index contributed by atoms with van der Waals surface area (Å²) in [6.07, 6.45) is -0.594. The van der Waals surface area contributed by atoms with Gasteiger partial charge >= 0.3 is 5.97 Å². The van der Waals surface area contributed by atoms with E-state index in [4.69, 9.17) is 4.74 Å². The van der Waals surface area contributed by atoms with E-state index in [0.717, 1.165) is 5.56 Å². The fraction of sp³-hybridized carbons (Fsp3) is 0.118. The van der Waals surface area contributed by atoms with Gasteiger partial charge in [0.1, 0.15) is 5.82 Å². The van der Waals surface area contributed by atoms with E-state index in [9.17, 15) is 14.0 Å². The van der Waals surface area contributed by atoms with Gasteiger partial charge in [0.15, 0.2) is 11.2 Å². The molecule has 1 atom stereocenters. The minimum Gasteiger partial charge on any atom is -0.448 e. The van der Waals surface area contributed by atoms with E-state index in [-0.39, 0.29) is 5.82 Å². The van der Waals surface area contributed by atoms with Crippen molar-refractivity contribution in [1.29, 1.82) is 0 Å². The van der Waals surface area contributed by atoms with Crippen LogP contribution in [0.25, 0.3) is 10.2 Å². The van der Waals surface area contributed by atoms with Gasteiger partial charge in [-0.05, 0) is 29.8 Å². The Balaban J connectivity index is 1.55. The number of aromatic nitrogens is 1. The third-order valence-corrected chi connectivity index (χ3v) is 4.70. The second-order valence-electron chi connectivity index (χ2n) is 5.38. The molecule has 0 bridgehead atoms. The molecule has 1 N–H and O–H groups in total. The highest BCUT2D eigenvalue weighted by Gasteiger charge is 2.31. The van der Waals surface area contributed by atoms with Crippen LogP contribution in [-0.2, 0) is 16.0 Å². The van der Waals surface area contributed by atoms with E-state index in [1.165, 1.54) is 23.5 Å². The summed E-state index contributed by atoms with van der Waals surface area (Å²) in [5.74, 6) is -1.32.